The lowest BCUT2D eigenvalue weighted by atomic mass is 9.72. The summed E-state index contributed by atoms with van der Waals surface area (Å²) in [6.45, 7) is 0. The van der Waals surface area contributed by atoms with Crippen LogP contribution in [0.3, 0.4) is 0 Å². The van der Waals surface area contributed by atoms with Crippen molar-refractivity contribution < 1.29 is 31.1 Å². The molecule has 0 atom stereocenters. The Bertz CT molecular complexity index is 237. The Morgan fingerprint density at radius 2 is 1.20 bits per heavy atom. The number of rotatable bonds is 0. The van der Waals surface area contributed by atoms with E-state index in [2.05, 4.69) is 0 Å². The maximum absolute atomic E-state index is 12.4. The molecule has 0 bridgehead atoms. The largest absolute Gasteiger partial charge is 0.403 e. The smallest absolute Gasteiger partial charge is 0.300 e. The van der Waals surface area contributed by atoms with E-state index in [9.17, 15) is 31.1 Å². The zero-order valence-corrected chi connectivity index (χ0v) is 7.50. The molecule has 0 radical (unpaired) electrons. The second-order valence-electron chi connectivity index (χ2n) is 3.62. The molecular formula is C8H8F6O. The third-order valence-corrected chi connectivity index (χ3v) is 2.75. The van der Waals surface area contributed by atoms with Crippen molar-refractivity contribution >= 4 is 5.78 Å². The number of hydrogen-bond acceptors (Lipinski definition) is 1. The maximum atomic E-state index is 12.4. The molecule has 1 nitrogen and oxygen atoms in total. The Morgan fingerprint density at radius 1 is 0.867 bits per heavy atom. The van der Waals surface area contributed by atoms with E-state index in [1.54, 1.807) is 0 Å². The van der Waals surface area contributed by atoms with Crippen LogP contribution in [-0.2, 0) is 4.79 Å². The van der Waals surface area contributed by atoms with Gasteiger partial charge in [-0.1, -0.05) is 0 Å². The summed E-state index contributed by atoms with van der Waals surface area (Å²) in [4.78, 5) is 10.7. The van der Waals surface area contributed by atoms with Gasteiger partial charge >= 0.3 is 12.4 Å². The Kier molecular flexibility index (Phi) is 2.78. The van der Waals surface area contributed by atoms with Crippen LogP contribution in [0.15, 0.2) is 0 Å². The van der Waals surface area contributed by atoms with Crippen LogP contribution in [0.4, 0.5) is 26.3 Å². The van der Waals surface area contributed by atoms with Gasteiger partial charge in [0.15, 0.2) is 5.41 Å². The summed E-state index contributed by atoms with van der Waals surface area (Å²) >= 11 is 0. The summed E-state index contributed by atoms with van der Waals surface area (Å²) < 4.78 is 74.3. The molecule has 1 fully saturated rings. The van der Waals surface area contributed by atoms with Crippen molar-refractivity contribution in [2.45, 2.75) is 38.0 Å². The molecule has 1 aliphatic rings. The first-order chi connectivity index (χ1) is 6.60. The summed E-state index contributed by atoms with van der Waals surface area (Å²) in [5.41, 5.74) is -3.69. The highest BCUT2D eigenvalue weighted by molar-refractivity contribution is 5.79. The number of hydrogen-bond donors (Lipinski definition) is 0. The predicted molar refractivity (Wildman–Crippen MR) is 38.0 cm³/mol. The minimum atomic E-state index is -5.34. The quantitative estimate of drug-likeness (QED) is 0.588. The normalized spacial score (nSPS) is 22.9. The zero-order chi connectivity index (χ0) is 11.9. The van der Waals surface area contributed by atoms with E-state index in [0.29, 0.717) is 0 Å². The molecule has 1 rings (SSSR count). The Balaban J connectivity index is 3.04. The van der Waals surface area contributed by atoms with E-state index in [1.165, 1.54) is 0 Å². The lowest BCUT2D eigenvalue weighted by molar-refractivity contribution is -0.347. The molecule has 0 unspecified atom stereocenters. The molecule has 0 heterocycles. The number of Topliss-reactive ketones (excluding diaryl/α,β-unsaturated/α-hetero) is 1. The molecule has 0 aliphatic heterocycles. The minimum Gasteiger partial charge on any atom is -0.300 e. The van der Waals surface area contributed by atoms with Gasteiger partial charge in [0, 0.05) is 12.8 Å². The van der Waals surface area contributed by atoms with Crippen molar-refractivity contribution in [3.8, 4) is 0 Å². The van der Waals surface area contributed by atoms with E-state index in [-0.39, 0.29) is 0 Å². The second kappa shape index (κ2) is 3.38. The lowest BCUT2D eigenvalue weighted by Crippen LogP contribution is -2.52. The molecule has 1 saturated carbocycles. The molecule has 0 spiro atoms. The van der Waals surface area contributed by atoms with Crippen LogP contribution < -0.4 is 0 Å². The van der Waals surface area contributed by atoms with Crippen molar-refractivity contribution in [2.75, 3.05) is 0 Å². The van der Waals surface area contributed by atoms with Gasteiger partial charge in [0.1, 0.15) is 5.78 Å². The van der Waals surface area contributed by atoms with E-state index in [1.807, 2.05) is 0 Å². The molecule has 88 valence electrons. The fourth-order valence-corrected chi connectivity index (χ4v) is 1.68. The molecule has 0 aromatic heterocycles. The van der Waals surface area contributed by atoms with Gasteiger partial charge < -0.3 is 0 Å². The van der Waals surface area contributed by atoms with Crippen molar-refractivity contribution in [1.82, 2.24) is 0 Å². The predicted octanol–water partition coefficient (Wildman–Crippen LogP) is 3.24. The fraction of sp³-hybridized carbons (Fsp3) is 0.875. The third-order valence-electron chi connectivity index (χ3n) is 2.75. The molecule has 7 heteroatoms. The van der Waals surface area contributed by atoms with Gasteiger partial charge in [0.2, 0.25) is 0 Å². The number of carbonyl (C=O) groups is 1. The maximum Gasteiger partial charge on any atom is 0.403 e. The lowest BCUT2D eigenvalue weighted by Gasteiger charge is -2.39. The fourth-order valence-electron chi connectivity index (χ4n) is 1.68. The molecular weight excluding hydrogens is 226 g/mol. The molecule has 0 N–H and O–H groups in total. The Hall–Kier alpha value is -0.750. The topological polar surface area (TPSA) is 17.1 Å². The summed E-state index contributed by atoms with van der Waals surface area (Å²) in [5, 5.41) is 0. The summed E-state index contributed by atoms with van der Waals surface area (Å²) in [6, 6.07) is 0. The van der Waals surface area contributed by atoms with Gasteiger partial charge in [0.25, 0.3) is 0 Å². The number of halogens is 6. The summed E-state index contributed by atoms with van der Waals surface area (Å²) in [5.74, 6) is -0.542. The molecule has 1 aliphatic carbocycles. The van der Waals surface area contributed by atoms with Crippen LogP contribution in [0, 0.1) is 5.41 Å². The van der Waals surface area contributed by atoms with Crippen molar-refractivity contribution in [3.05, 3.63) is 0 Å². The van der Waals surface area contributed by atoms with Gasteiger partial charge in [-0.05, 0) is 12.8 Å². The second-order valence-corrected chi connectivity index (χ2v) is 3.62. The first kappa shape index (κ1) is 12.3. The standard InChI is InChI=1S/C8H8F6O/c9-7(10,11)6(8(12,13)14)3-1-5(15)2-4-6/h1-4H2. The summed E-state index contributed by atoms with van der Waals surface area (Å²) in [6.07, 6.45) is -14.4. The average molecular weight is 234 g/mol. The van der Waals surface area contributed by atoms with Crippen LogP contribution >= 0.6 is 0 Å². The van der Waals surface area contributed by atoms with Crippen molar-refractivity contribution in [3.63, 3.8) is 0 Å². The van der Waals surface area contributed by atoms with E-state index >= 15 is 0 Å². The average Bonchev–Trinajstić information content (AvgIpc) is 2.00. The van der Waals surface area contributed by atoms with Gasteiger partial charge in [0.05, 0.1) is 0 Å². The van der Waals surface area contributed by atoms with Crippen molar-refractivity contribution in [1.29, 1.82) is 0 Å². The monoisotopic (exact) mass is 234 g/mol. The van der Waals surface area contributed by atoms with E-state index < -0.39 is 49.2 Å². The number of carbonyl (C=O) groups excluding carboxylic acids is 1. The third kappa shape index (κ3) is 1.96. The van der Waals surface area contributed by atoms with Crippen molar-refractivity contribution in [2.24, 2.45) is 5.41 Å². The molecule has 0 aromatic rings. The first-order valence-corrected chi connectivity index (χ1v) is 4.25. The molecule has 15 heavy (non-hydrogen) atoms. The van der Waals surface area contributed by atoms with Gasteiger partial charge in [-0.15, -0.1) is 0 Å². The van der Waals surface area contributed by atoms with Gasteiger partial charge in [-0.25, -0.2) is 0 Å². The van der Waals surface area contributed by atoms with Gasteiger partial charge in [-0.3, -0.25) is 4.79 Å². The zero-order valence-electron chi connectivity index (χ0n) is 7.50. The van der Waals surface area contributed by atoms with Gasteiger partial charge in [-0.2, -0.15) is 26.3 Å². The number of ketones is 1. The minimum absolute atomic E-state index is 0.542. The SMILES string of the molecule is O=C1CCC(C(F)(F)F)(C(F)(F)F)CC1. The van der Waals surface area contributed by atoms with E-state index in [4.69, 9.17) is 0 Å². The van der Waals surface area contributed by atoms with Crippen LogP contribution in [0.5, 0.6) is 0 Å². The highest BCUT2D eigenvalue weighted by Gasteiger charge is 2.70. The van der Waals surface area contributed by atoms with Crippen LogP contribution in [-0.4, -0.2) is 18.1 Å². The Morgan fingerprint density at radius 3 is 1.47 bits per heavy atom. The molecule has 0 aromatic carbocycles. The highest BCUT2D eigenvalue weighted by atomic mass is 19.4. The van der Waals surface area contributed by atoms with Crippen LogP contribution in [0.2, 0.25) is 0 Å². The molecule has 0 amide bonds. The van der Waals surface area contributed by atoms with Crippen LogP contribution in [0.1, 0.15) is 25.7 Å². The first-order valence-electron chi connectivity index (χ1n) is 4.25. The van der Waals surface area contributed by atoms with E-state index in [0.717, 1.165) is 0 Å². The molecule has 0 saturated heterocycles. The van der Waals surface area contributed by atoms with Crippen LogP contribution in [0.25, 0.3) is 0 Å². The Labute approximate surface area is 81.4 Å². The summed E-state index contributed by atoms with van der Waals surface area (Å²) in [7, 11) is 0. The number of alkyl halides is 6. The highest BCUT2D eigenvalue weighted by Crippen LogP contribution is 2.57.